The van der Waals surface area contributed by atoms with Crippen molar-refractivity contribution in [3.8, 4) is 0 Å². The van der Waals surface area contributed by atoms with Gasteiger partial charge in [0.15, 0.2) is 0 Å². The van der Waals surface area contributed by atoms with Crippen molar-refractivity contribution >= 4 is 11.8 Å². The van der Waals surface area contributed by atoms with E-state index in [1.165, 1.54) is 24.9 Å². The fourth-order valence-corrected chi connectivity index (χ4v) is 1.98. The summed E-state index contributed by atoms with van der Waals surface area (Å²) < 4.78 is 0. The minimum atomic E-state index is -0.314. The Hall–Kier alpha value is -1.28. The van der Waals surface area contributed by atoms with Crippen molar-refractivity contribution in [3.63, 3.8) is 0 Å². The van der Waals surface area contributed by atoms with Crippen molar-refractivity contribution < 1.29 is 5.11 Å². The molecule has 0 radical (unpaired) electrons. The number of anilines is 1. The minimum Gasteiger partial charge on any atom is -0.389 e. The molecule has 2 nitrogen and oxygen atoms in total. The highest BCUT2D eigenvalue weighted by atomic mass is 16.3. The van der Waals surface area contributed by atoms with E-state index >= 15 is 0 Å². The molecule has 0 saturated heterocycles. The van der Waals surface area contributed by atoms with Crippen LogP contribution >= 0.6 is 0 Å². The average Bonchev–Trinajstić information content (AvgIpc) is 2.42. The molecule has 0 saturated carbocycles. The third-order valence-corrected chi connectivity index (χ3v) is 3.27. The first-order valence-corrected chi connectivity index (χ1v) is 7.27. The first kappa shape index (κ1) is 15.8. The maximum atomic E-state index is 9.86. The van der Waals surface area contributed by atoms with Gasteiger partial charge < -0.3 is 10.0 Å². The molecular formula is C17H27NO. The number of benzene rings is 1. The van der Waals surface area contributed by atoms with Crippen LogP contribution in [0.1, 0.15) is 44.6 Å². The molecule has 0 bridgehead atoms. The molecule has 0 aliphatic heterocycles. The van der Waals surface area contributed by atoms with Gasteiger partial charge in [0, 0.05) is 19.8 Å². The van der Waals surface area contributed by atoms with Gasteiger partial charge in [-0.25, -0.2) is 0 Å². The van der Waals surface area contributed by atoms with Crippen molar-refractivity contribution in [2.75, 3.05) is 19.0 Å². The van der Waals surface area contributed by atoms with E-state index in [0.717, 1.165) is 18.4 Å². The molecule has 106 valence electrons. The van der Waals surface area contributed by atoms with E-state index < -0.39 is 0 Å². The molecule has 0 fully saturated rings. The van der Waals surface area contributed by atoms with Crippen LogP contribution in [0.15, 0.2) is 30.3 Å². The summed E-state index contributed by atoms with van der Waals surface area (Å²) in [7, 11) is 4.07. The SMILES string of the molecule is CCCCCCC(O)/C=C/c1ccc(N(C)C)cc1. The Kier molecular flexibility index (Phi) is 7.27. The summed E-state index contributed by atoms with van der Waals surface area (Å²) in [5.74, 6) is 0. The molecule has 0 heterocycles. The van der Waals surface area contributed by atoms with Crippen LogP contribution < -0.4 is 4.90 Å². The lowest BCUT2D eigenvalue weighted by molar-refractivity contribution is 0.209. The van der Waals surface area contributed by atoms with E-state index in [0.29, 0.717) is 0 Å². The topological polar surface area (TPSA) is 23.5 Å². The Morgan fingerprint density at radius 2 is 1.79 bits per heavy atom. The lowest BCUT2D eigenvalue weighted by Crippen LogP contribution is -2.07. The Morgan fingerprint density at radius 3 is 2.37 bits per heavy atom. The van der Waals surface area contributed by atoms with Crippen LogP contribution in [-0.2, 0) is 0 Å². The molecule has 1 unspecified atom stereocenters. The number of rotatable bonds is 8. The predicted octanol–water partition coefficient (Wildman–Crippen LogP) is 4.10. The quantitative estimate of drug-likeness (QED) is 0.712. The van der Waals surface area contributed by atoms with E-state index in [-0.39, 0.29) is 6.10 Å². The van der Waals surface area contributed by atoms with Crippen LogP contribution in [0.5, 0.6) is 0 Å². The van der Waals surface area contributed by atoms with Gasteiger partial charge in [0.05, 0.1) is 6.10 Å². The van der Waals surface area contributed by atoms with Crippen LogP contribution in [0.2, 0.25) is 0 Å². The standard InChI is InChI=1S/C17H27NO/c1-4-5-6-7-8-17(19)14-11-15-9-12-16(13-10-15)18(2)3/h9-14,17,19H,4-8H2,1-3H3/b14-11+. The molecule has 1 atom stereocenters. The Labute approximate surface area is 117 Å². The highest BCUT2D eigenvalue weighted by Crippen LogP contribution is 2.14. The first-order chi connectivity index (χ1) is 9.13. The van der Waals surface area contributed by atoms with Crippen molar-refractivity contribution in [2.45, 2.75) is 45.1 Å². The van der Waals surface area contributed by atoms with Crippen molar-refractivity contribution in [3.05, 3.63) is 35.9 Å². The molecule has 2 heteroatoms. The number of hydrogen-bond donors (Lipinski definition) is 1. The monoisotopic (exact) mass is 261 g/mol. The zero-order chi connectivity index (χ0) is 14.1. The lowest BCUT2D eigenvalue weighted by atomic mass is 10.1. The fraction of sp³-hybridized carbons (Fsp3) is 0.529. The van der Waals surface area contributed by atoms with E-state index in [2.05, 4.69) is 36.1 Å². The number of unbranched alkanes of at least 4 members (excludes halogenated alkanes) is 3. The lowest BCUT2D eigenvalue weighted by Gasteiger charge is -2.12. The fourth-order valence-electron chi connectivity index (χ4n) is 1.98. The smallest absolute Gasteiger partial charge is 0.0724 e. The van der Waals surface area contributed by atoms with Gasteiger partial charge in [0.25, 0.3) is 0 Å². The molecule has 0 aliphatic carbocycles. The van der Waals surface area contributed by atoms with Crippen LogP contribution in [-0.4, -0.2) is 25.3 Å². The highest BCUT2D eigenvalue weighted by molar-refractivity contribution is 5.55. The molecule has 1 rings (SSSR count). The Balaban J connectivity index is 2.38. The van der Waals surface area contributed by atoms with E-state index in [4.69, 9.17) is 0 Å². The Bertz CT molecular complexity index is 367. The second kappa shape index (κ2) is 8.76. The van der Waals surface area contributed by atoms with E-state index in [1.807, 2.05) is 26.2 Å². The molecular weight excluding hydrogens is 234 g/mol. The molecule has 0 aliphatic rings. The van der Waals surface area contributed by atoms with Gasteiger partial charge in [-0.05, 0) is 24.1 Å². The molecule has 0 amide bonds. The van der Waals surface area contributed by atoms with Gasteiger partial charge in [-0.2, -0.15) is 0 Å². The van der Waals surface area contributed by atoms with Crippen LogP contribution in [0.25, 0.3) is 6.08 Å². The van der Waals surface area contributed by atoms with Gasteiger partial charge in [0.2, 0.25) is 0 Å². The third-order valence-electron chi connectivity index (χ3n) is 3.27. The number of hydrogen-bond acceptors (Lipinski definition) is 2. The molecule has 0 spiro atoms. The van der Waals surface area contributed by atoms with Crippen molar-refractivity contribution in [1.82, 2.24) is 0 Å². The summed E-state index contributed by atoms with van der Waals surface area (Å²) in [6, 6.07) is 8.34. The third kappa shape index (κ3) is 6.44. The van der Waals surface area contributed by atoms with Gasteiger partial charge >= 0.3 is 0 Å². The number of aliphatic hydroxyl groups is 1. The summed E-state index contributed by atoms with van der Waals surface area (Å²) in [5.41, 5.74) is 2.33. The van der Waals surface area contributed by atoms with E-state index in [1.54, 1.807) is 0 Å². The summed E-state index contributed by atoms with van der Waals surface area (Å²) in [6.07, 6.45) is 9.29. The summed E-state index contributed by atoms with van der Waals surface area (Å²) in [4.78, 5) is 2.08. The van der Waals surface area contributed by atoms with Crippen molar-refractivity contribution in [1.29, 1.82) is 0 Å². The molecule has 1 aromatic rings. The number of nitrogens with zero attached hydrogens (tertiary/aromatic N) is 1. The second-order valence-corrected chi connectivity index (χ2v) is 5.26. The zero-order valence-electron chi connectivity index (χ0n) is 12.5. The second-order valence-electron chi connectivity index (χ2n) is 5.26. The zero-order valence-corrected chi connectivity index (χ0v) is 12.5. The van der Waals surface area contributed by atoms with Gasteiger partial charge in [0.1, 0.15) is 0 Å². The maximum absolute atomic E-state index is 9.86. The van der Waals surface area contributed by atoms with Crippen molar-refractivity contribution in [2.24, 2.45) is 0 Å². The van der Waals surface area contributed by atoms with Crippen LogP contribution in [0.3, 0.4) is 0 Å². The average molecular weight is 261 g/mol. The maximum Gasteiger partial charge on any atom is 0.0724 e. The summed E-state index contributed by atoms with van der Waals surface area (Å²) >= 11 is 0. The molecule has 19 heavy (non-hydrogen) atoms. The summed E-state index contributed by atoms with van der Waals surface area (Å²) in [6.45, 7) is 2.20. The molecule has 0 aromatic heterocycles. The van der Waals surface area contributed by atoms with Gasteiger partial charge in [-0.1, -0.05) is 56.9 Å². The van der Waals surface area contributed by atoms with Gasteiger partial charge in [-0.3, -0.25) is 0 Å². The highest BCUT2D eigenvalue weighted by Gasteiger charge is 1.99. The van der Waals surface area contributed by atoms with Crippen LogP contribution in [0, 0.1) is 0 Å². The first-order valence-electron chi connectivity index (χ1n) is 7.27. The predicted molar refractivity (Wildman–Crippen MR) is 84.6 cm³/mol. The molecule has 1 N–H and O–H groups in total. The summed E-state index contributed by atoms with van der Waals surface area (Å²) in [5, 5.41) is 9.86. The molecule has 1 aromatic carbocycles. The van der Waals surface area contributed by atoms with Crippen LogP contribution in [0.4, 0.5) is 5.69 Å². The van der Waals surface area contributed by atoms with Gasteiger partial charge in [-0.15, -0.1) is 0 Å². The Morgan fingerprint density at radius 1 is 1.11 bits per heavy atom. The normalized spacial score (nSPS) is 12.8. The minimum absolute atomic E-state index is 0.314. The van der Waals surface area contributed by atoms with E-state index in [9.17, 15) is 5.11 Å². The number of aliphatic hydroxyl groups excluding tert-OH is 1. The largest absolute Gasteiger partial charge is 0.389 e.